The number of hydrogen-bond donors (Lipinski definition) is 3. The van der Waals surface area contributed by atoms with E-state index in [1.807, 2.05) is 7.05 Å². The van der Waals surface area contributed by atoms with Gasteiger partial charge in [-0.05, 0) is 55.3 Å². The van der Waals surface area contributed by atoms with Gasteiger partial charge in [-0.3, -0.25) is 4.99 Å². The van der Waals surface area contributed by atoms with Crippen molar-refractivity contribution in [1.82, 2.24) is 16.0 Å². The van der Waals surface area contributed by atoms with Crippen molar-refractivity contribution < 1.29 is 0 Å². The van der Waals surface area contributed by atoms with Gasteiger partial charge in [-0.2, -0.15) is 0 Å². The van der Waals surface area contributed by atoms with Gasteiger partial charge >= 0.3 is 0 Å². The van der Waals surface area contributed by atoms with Gasteiger partial charge < -0.3 is 20.9 Å². The van der Waals surface area contributed by atoms with E-state index < -0.39 is 0 Å². The second-order valence-electron chi connectivity index (χ2n) is 7.20. The Labute approximate surface area is 154 Å². The number of nitrogens with one attached hydrogen (secondary N) is 3. The molecule has 6 heteroatoms. The van der Waals surface area contributed by atoms with Crippen molar-refractivity contribution in [2.24, 2.45) is 4.99 Å². The van der Waals surface area contributed by atoms with E-state index in [1.54, 1.807) is 0 Å². The molecule has 1 atom stereocenters. The number of para-hydroxylation sites is 1. The summed E-state index contributed by atoms with van der Waals surface area (Å²) in [7, 11) is 1.83. The number of benzene rings is 1. The Morgan fingerprint density at radius 2 is 2.04 bits per heavy atom. The molecule has 24 heavy (non-hydrogen) atoms. The smallest absolute Gasteiger partial charge is 0.191 e. The summed E-state index contributed by atoms with van der Waals surface area (Å²) >= 11 is 3.64. The van der Waals surface area contributed by atoms with Crippen LogP contribution in [-0.4, -0.2) is 50.8 Å². The molecular formula is C18H30BrN5. The maximum atomic E-state index is 4.34. The minimum atomic E-state index is 0.146. The fourth-order valence-corrected chi connectivity index (χ4v) is 3.35. The summed E-state index contributed by atoms with van der Waals surface area (Å²) in [5.41, 5.74) is 1.41. The molecule has 1 aliphatic heterocycles. The molecule has 0 saturated carbocycles. The van der Waals surface area contributed by atoms with Gasteiger partial charge in [-0.1, -0.05) is 12.1 Å². The third-order valence-corrected chi connectivity index (χ3v) is 4.69. The molecule has 1 saturated heterocycles. The van der Waals surface area contributed by atoms with Crippen LogP contribution in [-0.2, 0) is 0 Å². The predicted molar refractivity (Wildman–Crippen MR) is 107 cm³/mol. The summed E-state index contributed by atoms with van der Waals surface area (Å²) in [6.07, 6.45) is 1.11. The van der Waals surface area contributed by atoms with Crippen molar-refractivity contribution in [3.63, 3.8) is 0 Å². The molecule has 1 aliphatic rings. The van der Waals surface area contributed by atoms with Crippen molar-refractivity contribution in [3.8, 4) is 0 Å². The van der Waals surface area contributed by atoms with Crippen molar-refractivity contribution in [1.29, 1.82) is 0 Å². The molecule has 3 N–H and O–H groups in total. The molecule has 1 unspecified atom stereocenters. The van der Waals surface area contributed by atoms with Crippen LogP contribution in [0, 0.1) is 0 Å². The first-order valence-corrected chi connectivity index (χ1v) is 9.40. The zero-order chi connectivity index (χ0) is 17.6. The topological polar surface area (TPSA) is 51.7 Å². The molecule has 0 radical (unpaired) electrons. The van der Waals surface area contributed by atoms with E-state index in [1.165, 1.54) is 5.69 Å². The van der Waals surface area contributed by atoms with Gasteiger partial charge in [0.05, 0.1) is 5.69 Å². The van der Waals surface area contributed by atoms with Crippen molar-refractivity contribution >= 4 is 27.6 Å². The Kier molecular flexibility index (Phi) is 6.92. The van der Waals surface area contributed by atoms with Crippen LogP contribution in [0.1, 0.15) is 27.2 Å². The van der Waals surface area contributed by atoms with E-state index in [0.717, 1.165) is 43.0 Å². The van der Waals surface area contributed by atoms with Crippen LogP contribution < -0.4 is 20.9 Å². The quantitative estimate of drug-likeness (QED) is 0.407. The van der Waals surface area contributed by atoms with Crippen LogP contribution in [0.2, 0.25) is 0 Å². The van der Waals surface area contributed by atoms with Gasteiger partial charge in [0.15, 0.2) is 5.96 Å². The van der Waals surface area contributed by atoms with Gasteiger partial charge in [0, 0.05) is 49.3 Å². The third kappa shape index (κ3) is 5.98. The van der Waals surface area contributed by atoms with Crippen LogP contribution in [0.5, 0.6) is 0 Å². The third-order valence-electron chi connectivity index (χ3n) is 4.02. The highest BCUT2D eigenvalue weighted by atomic mass is 79.9. The Hall–Kier alpha value is -1.27. The maximum absolute atomic E-state index is 4.34. The van der Waals surface area contributed by atoms with Crippen LogP contribution in [0.4, 0.5) is 5.69 Å². The number of aliphatic imine (C=N–C) groups is 1. The van der Waals surface area contributed by atoms with Crippen molar-refractivity contribution in [2.75, 3.05) is 38.1 Å². The molecule has 1 aromatic carbocycles. The van der Waals surface area contributed by atoms with E-state index in [4.69, 9.17) is 0 Å². The summed E-state index contributed by atoms with van der Waals surface area (Å²) in [4.78, 5) is 6.75. The van der Waals surface area contributed by atoms with Gasteiger partial charge in [0.25, 0.3) is 0 Å². The molecule has 5 nitrogen and oxygen atoms in total. The van der Waals surface area contributed by atoms with Gasteiger partial charge in [-0.25, -0.2) is 0 Å². The van der Waals surface area contributed by atoms with Crippen LogP contribution in [0.15, 0.2) is 33.7 Å². The monoisotopic (exact) mass is 395 g/mol. The number of hydrogen-bond acceptors (Lipinski definition) is 3. The Morgan fingerprint density at radius 1 is 1.29 bits per heavy atom. The maximum Gasteiger partial charge on any atom is 0.191 e. The minimum absolute atomic E-state index is 0.146. The Bertz CT molecular complexity index is 553. The highest BCUT2D eigenvalue weighted by Gasteiger charge is 2.24. The Morgan fingerprint density at radius 3 is 2.71 bits per heavy atom. The molecule has 0 bridgehead atoms. The van der Waals surface area contributed by atoms with Crippen LogP contribution in [0.3, 0.4) is 0 Å². The zero-order valence-corrected chi connectivity index (χ0v) is 16.8. The van der Waals surface area contributed by atoms with Crippen LogP contribution >= 0.6 is 15.9 Å². The van der Waals surface area contributed by atoms with E-state index in [2.05, 4.69) is 86.8 Å². The summed E-state index contributed by atoms with van der Waals surface area (Å²) in [6, 6.07) is 8.82. The summed E-state index contributed by atoms with van der Waals surface area (Å²) in [5.74, 6) is 0.879. The number of halogens is 1. The van der Waals surface area contributed by atoms with E-state index in [9.17, 15) is 0 Å². The molecule has 1 fully saturated rings. The first kappa shape index (κ1) is 19.1. The SMILES string of the molecule is CN=C(NCCNC(C)(C)C)NC1CCN(c2ccccc2Br)C1. The number of rotatable bonds is 5. The number of nitrogens with zero attached hydrogens (tertiary/aromatic N) is 2. The normalized spacial score (nSPS) is 18.8. The highest BCUT2D eigenvalue weighted by molar-refractivity contribution is 9.10. The number of guanidine groups is 1. The lowest BCUT2D eigenvalue weighted by atomic mass is 10.1. The predicted octanol–water partition coefficient (Wildman–Crippen LogP) is 2.58. The van der Waals surface area contributed by atoms with Gasteiger partial charge in [-0.15, -0.1) is 0 Å². The second kappa shape index (κ2) is 8.72. The molecule has 1 aromatic rings. The van der Waals surface area contributed by atoms with E-state index in [-0.39, 0.29) is 5.54 Å². The molecule has 0 amide bonds. The lowest BCUT2D eigenvalue weighted by molar-refractivity contribution is 0.428. The van der Waals surface area contributed by atoms with Crippen molar-refractivity contribution in [3.05, 3.63) is 28.7 Å². The average molecular weight is 396 g/mol. The molecule has 0 aromatic heterocycles. The lowest BCUT2D eigenvalue weighted by Gasteiger charge is -2.23. The standard InChI is InChI=1S/C18H30BrN5/c1-18(2,3)22-11-10-21-17(20-4)23-14-9-12-24(13-14)16-8-6-5-7-15(16)19/h5-8,14,22H,9-13H2,1-4H3,(H2,20,21,23). The van der Waals surface area contributed by atoms with Crippen LogP contribution in [0.25, 0.3) is 0 Å². The molecule has 134 valence electrons. The van der Waals surface area contributed by atoms with Gasteiger partial charge in [0.2, 0.25) is 0 Å². The molecule has 2 rings (SSSR count). The lowest BCUT2D eigenvalue weighted by Crippen LogP contribution is -2.47. The van der Waals surface area contributed by atoms with Crippen molar-refractivity contribution in [2.45, 2.75) is 38.8 Å². The fourth-order valence-electron chi connectivity index (χ4n) is 2.81. The fraction of sp³-hybridized carbons (Fsp3) is 0.611. The first-order chi connectivity index (χ1) is 11.4. The Balaban J connectivity index is 1.78. The zero-order valence-electron chi connectivity index (χ0n) is 15.2. The number of anilines is 1. The molecule has 0 aliphatic carbocycles. The minimum Gasteiger partial charge on any atom is -0.368 e. The summed E-state index contributed by atoms with van der Waals surface area (Å²) in [6.45, 7) is 10.3. The summed E-state index contributed by atoms with van der Waals surface area (Å²) in [5, 5.41) is 10.4. The largest absolute Gasteiger partial charge is 0.368 e. The van der Waals surface area contributed by atoms with E-state index in [0.29, 0.717) is 6.04 Å². The molecule has 1 heterocycles. The average Bonchev–Trinajstić information content (AvgIpc) is 2.98. The molecule has 0 spiro atoms. The first-order valence-electron chi connectivity index (χ1n) is 8.61. The van der Waals surface area contributed by atoms with Gasteiger partial charge in [0.1, 0.15) is 0 Å². The highest BCUT2D eigenvalue weighted by Crippen LogP contribution is 2.28. The second-order valence-corrected chi connectivity index (χ2v) is 8.06. The summed E-state index contributed by atoms with van der Waals surface area (Å²) < 4.78 is 1.15. The van der Waals surface area contributed by atoms with E-state index >= 15 is 0 Å². The molecular weight excluding hydrogens is 366 g/mol.